The van der Waals surface area contributed by atoms with E-state index < -0.39 is 19.8 Å². The predicted molar refractivity (Wildman–Crippen MR) is 85.3 cm³/mol. The van der Waals surface area contributed by atoms with Gasteiger partial charge in [-0.2, -0.15) is 4.76 Å². The van der Waals surface area contributed by atoms with Crippen molar-refractivity contribution < 1.29 is 29.7 Å². The molecule has 8 heteroatoms. The van der Waals surface area contributed by atoms with Gasteiger partial charge < -0.3 is 25.1 Å². The van der Waals surface area contributed by atoms with E-state index in [9.17, 15) is 19.9 Å². The molecule has 2 rings (SSSR count). The van der Waals surface area contributed by atoms with Gasteiger partial charge in [-0.25, -0.2) is 4.57 Å². The van der Waals surface area contributed by atoms with E-state index in [4.69, 9.17) is 9.79 Å². The van der Waals surface area contributed by atoms with Gasteiger partial charge in [0.1, 0.15) is 11.5 Å². The van der Waals surface area contributed by atoms with Gasteiger partial charge in [0.2, 0.25) is 0 Å². The third kappa shape index (κ3) is 4.53. The topological polar surface area (TPSA) is 131 Å². The van der Waals surface area contributed by atoms with Crippen LogP contribution in [0.4, 0.5) is 0 Å². The lowest BCUT2D eigenvalue weighted by atomic mass is 9.82. The second kappa shape index (κ2) is 6.68. The highest BCUT2D eigenvalue weighted by Crippen LogP contribution is 2.39. The maximum absolute atomic E-state index is 11.1. The summed E-state index contributed by atoms with van der Waals surface area (Å²) < 4.78 is 14.4. The molecule has 0 saturated carbocycles. The maximum Gasteiger partial charge on any atom is 0.448 e. The highest BCUT2D eigenvalue weighted by Gasteiger charge is 2.30. The van der Waals surface area contributed by atoms with E-state index in [0.29, 0.717) is 0 Å². The first kappa shape index (κ1) is 17.4. The lowest BCUT2D eigenvalue weighted by Gasteiger charge is -2.27. The molecule has 0 amide bonds. The summed E-state index contributed by atoms with van der Waals surface area (Å²) in [6.07, 6.45) is 2.89. The molecule has 3 unspecified atom stereocenters. The quantitative estimate of drug-likeness (QED) is 0.533. The van der Waals surface area contributed by atoms with Crippen LogP contribution in [-0.2, 0) is 4.57 Å². The number of hydrogen-bond acceptors (Lipinski definition) is 4. The molecule has 1 aliphatic rings. The molecule has 124 valence electrons. The van der Waals surface area contributed by atoms with E-state index in [2.05, 4.69) is 4.76 Å². The van der Waals surface area contributed by atoms with Crippen molar-refractivity contribution in [1.29, 1.82) is 0 Å². The molecule has 0 aliphatic heterocycles. The van der Waals surface area contributed by atoms with Crippen molar-refractivity contribution in [3.05, 3.63) is 53.8 Å². The highest BCUT2D eigenvalue weighted by molar-refractivity contribution is 7.50. The van der Waals surface area contributed by atoms with Crippen LogP contribution in [0.25, 0.3) is 0 Å². The first-order valence-electron chi connectivity index (χ1n) is 6.89. The molecule has 1 aromatic rings. The molecule has 0 saturated heterocycles. The molecule has 7 nitrogen and oxygen atoms in total. The Balaban J connectivity index is 2.30. The van der Waals surface area contributed by atoms with Crippen LogP contribution < -0.4 is 0 Å². The monoisotopic (exact) mass is 339 g/mol. The van der Waals surface area contributed by atoms with Crippen molar-refractivity contribution in [3.8, 4) is 5.75 Å². The Hall–Kier alpha value is -1.92. The molecular formula is C15H18NO6P. The highest BCUT2D eigenvalue weighted by atomic mass is 31.2. The molecule has 0 bridgehead atoms. The average molecular weight is 339 g/mol. The maximum atomic E-state index is 11.1. The molecular weight excluding hydrogens is 321 g/mol. The van der Waals surface area contributed by atoms with Crippen molar-refractivity contribution in [2.75, 3.05) is 0 Å². The van der Waals surface area contributed by atoms with Crippen molar-refractivity contribution in [2.24, 2.45) is 10.7 Å². The number of aliphatic hydroxyl groups is 2. The minimum Gasteiger partial charge on any atom is -0.508 e. The molecule has 1 aromatic carbocycles. The molecule has 0 radical (unpaired) electrons. The van der Waals surface area contributed by atoms with Crippen LogP contribution in [0.2, 0.25) is 0 Å². The van der Waals surface area contributed by atoms with Crippen LogP contribution in [0, 0.1) is 5.92 Å². The zero-order chi connectivity index (χ0) is 17.2. The van der Waals surface area contributed by atoms with Crippen LogP contribution in [-0.4, -0.2) is 36.9 Å². The second-order valence-electron chi connectivity index (χ2n) is 5.36. The number of phenolic OH excluding ortho intramolecular Hbond substituents is 1. The second-order valence-corrected chi connectivity index (χ2v) is 6.59. The molecule has 23 heavy (non-hydrogen) atoms. The Kier molecular flexibility index (Phi) is 5.06. The van der Waals surface area contributed by atoms with Crippen LogP contribution in [0.3, 0.4) is 0 Å². The third-order valence-electron chi connectivity index (χ3n) is 3.66. The lowest BCUT2D eigenvalue weighted by molar-refractivity contribution is 0.130. The zero-order valence-electron chi connectivity index (χ0n) is 12.3. The normalized spacial score (nSPS) is 22.7. The standard InChI is InChI=1S/C15H18NO6P/c1-9(10-2-4-11(17)5-3-10)15(19)13-7-6-12(18)8-14(13)16-23(20,21)22/h2-9,13,15,17-19H,1H3,(H2,20,21,22)/b16-14+. The molecule has 5 N–H and O–H groups in total. The summed E-state index contributed by atoms with van der Waals surface area (Å²) in [6, 6.07) is 6.29. The van der Waals surface area contributed by atoms with E-state index >= 15 is 0 Å². The summed E-state index contributed by atoms with van der Waals surface area (Å²) in [5.41, 5.74) is 0.662. The van der Waals surface area contributed by atoms with Crippen molar-refractivity contribution >= 4 is 13.5 Å². The van der Waals surface area contributed by atoms with Gasteiger partial charge in [0.25, 0.3) is 0 Å². The first-order valence-corrected chi connectivity index (χ1v) is 8.45. The summed E-state index contributed by atoms with van der Waals surface area (Å²) in [7, 11) is -4.69. The Labute approximate surface area is 133 Å². The van der Waals surface area contributed by atoms with E-state index in [1.54, 1.807) is 19.1 Å². The molecule has 0 heterocycles. The molecule has 0 aromatic heterocycles. The molecule has 0 spiro atoms. The van der Waals surface area contributed by atoms with Gasteiger partial charge in [0.05, 0.1) is 11.8 Å². The fourth-order valence-corrected chi connectivity index (χ4v) is 2.91. The van der Waals surface area contributed by atoms with Crippen LogP contribution in [0.5, 0.6) is 5.75 Å². The summed E-state index contributed by atoms with van der Waals surface area (Å²) in [4.78, 5) is 18.0. The Morgan fingerprint density at radius 1 is 1.17 bits per heavy atom. The Bertz CT molecular complexity index is 703. The fraction of sp³-hybridized carbons (Fsp3) is 0.267. The third-order valence-corrected chi connectivity index (χ3v) is 4.15. The van der Waals surface area contributed by atoms with E-state index in [-0.39, 0.29) is 23.1 Å². The largest absolute Gasteiger partial charge is 0.508 e. The molecule has 1 aliphatic carbocycles. The van der Waals surface area contributed by atoms with Gasteiger partial charge in [-0.05, 0) is 23.8 Å². The lowest BCUT2D eigenvalue weighted by Crippen LogP contribution is -2.31. The number of nitrogens with zero attached hydrogens (tertiary/aromatic N) is 1. The molecule has 3 atom stereocenters. The fourth-order valence-electron chi connectivity index (χ4n) is 2.42. The minimum atomic E-state index is -4.69. The van der Waals surface area contributed by atoms with E-state index in [1.807, 2.05) is 0 Å². The minimum absolute atomic E-state index is 0.0866. The van der Waals surface area contributed by atoms with Gasteiger partial charge in [-0.15, -0.1) is 0 Å². The van der Waals surface area contributed by atoms with E-state index in [1.165, 1.54) is 24.3 Å². The van der Waals surface area contributed by atoms with Gasteiger partial charge in [0, 0.05) is 17.9 Å². The van der Waals surface area contributed by atoms with Gasteiger partial charge in [-0.3, -0.25) is 0 Å². The smallest absolute Gasteiger partial charge is 0.448 e. The number of allylic oxidation sites excluding steroid dienone is 2. The summed E-state index contributed by atoms with van der Waals surface area (Å²) >= 11 is 0. The first-order chi connectivity index (χ1) is 10.7. The number of aromatic hydroxyl groups is 1. The number of benzene rings is 1. The van der Waals surface area contributed by atoms with Crippen molar-refractivity contribution in [1.82, 2.24) is 0 Å². The average Bonchev–Trinajstić information content (AvgIpc) is 2.45. The molecule has 0 fully saturated rings. The number of hydrogen-bond donors (Lipinski definition) is 5. The Morgan fingerprint density at radius 2 is 1.78 bits per heavy atom. The van der Waals surface area contributed by atoms with Crippen molar-refractivity contribution in [2.45, 2.75) is 18.9 Å². The predicted octanol–water partition coefficient (Wildman–Crippen LogP) is 2.02. The van der Waals surface area contributed by atoms with Crippen LogP contribution in [0.15, 0.2) is 53.0 Å². The number of phenols is 1. The van der Waals surface area contributed by atoms with E-state index in [0.717, 1.165) is 11.6 Å². The Morgan fingerprint density at radius 3 is 2.35 bits per heavy atom. The summed E-state index contributed by atoms with van der Waals surface area (Å²) in [6.45, 7) is 1.75. The summed E-state index contributed by atoms with van der Waals surface area (Å²) in [5.74, 6) is -1.26. The van der Waals surface area contributed by atoms with Crippen LogP contribution >= 0.6 is 7.75 Å². The zero-order valence-corrected chi connectivity index (χ0v) is 13.2. The number of aliphatic hydroxyl groups excluding tert-OH is 2. The SMILES string of the molecule is CC(c1ccc(O)cc1)C(O)C1C=CC(O)=C/C1=N\P(=O)(O)O. The van der Waals surface area contributed by atoms with Gasteiger partial charge in [0.15, 0.2) is 0 Å². The van der Waals surface area contributed by atoms with Crippen LogP contribution in [0.1, 0.15) is 18.4 Å². The summed E-state index contributed by atoms with van der Waals surface area (Å²) in [5, 5.41) is 29.4. The van der Waals surface area contributed by atoms with Gasteiger partial charge >= 0.3 is 7.75 Å². The van der Waals surface area contributed by atoms with Gasteiger partial charge in [-0.1, -0.05) is 25.1 Å². The number of rotatable bonds is 4. The van der Waals surface area contributed by atoms with Crippen molar-refractivity contribution in [3.63, 3.8) is 0 Å².